The molecule has 0 aliphatic rings. The first-order chi connectivity index (χ1) is 10.6. The molecule has 0 unspecified atom stereocenters. The zero-order chi connectivity index (χ0) is 15.5. The van der Waals surface area contributed by atoms with E-state index in [9.17, 15) is 4.79 Å². The number of hydrogen-bond donors (Lipinski definition) is 1. The number of carbonyl (C=O) groups excluding carboxylic acids is 1. The molecule has 1 amide bonds. The lowest BCUT2D eigenvalue weighted by Gasteiger charge is -2.07. The van der Waals surface area contributed by atoms with Crippen molar-refractivity contribution in [1.82, 2.24) is 9.88 Å². The Morgan fingerprint density at radius 3 is 2.95 bits per heavy atom. The van der Waals surface area contributed by atoms with Gasteiger partial charge in [-0.3, -0.25) is 4.79 Å². The van der Waals surface area contributed by atoms with Crippen LogP contribution in [0.25, 0.3) is 10.6 Å². The molecule has 7 heteroatoms. The predicted octanol–water partition coefficient (Wildman–Crippen LogP) is 3.78. The minimum atomic E-state index is 0.00824. The molecule has 0 spiro atoms. The van der Waals surface area contributed by atoms with Crippen LogP contribution in [0.3, 0.4) is 0 Å². The minimum absolute atomic E-state index is 0.00824. The van der Waals surface area contributed by atoms with Crippen LogP contribution in [0, 0.1) is 0 Å². The number of anilines is 1. The SMILES string of the molecule is CN(C)C(=O)c1csc(-c2csc(NCc3ccco3)n2)c1. The summed E-state index contributed by atoms with van der Waals surface area (Å²) in [5.74, 6) is 0.876. The van der Waals surface area contributed by atoms with Crippen molar-refractivity contribution in [3.63, 3.8) is 0 Å². The Hall–Kier alpha value is -2.12. The van der Waals surface area contributed by atoms with Crippen molar-refractivity contribution in [2.75, 3.05) is 19.4 Å². The lowest BCUT2D eigenvalue weighted by Crippen LogP contribution is -2.20. The van der Waals surface area contributed by atoms with Crippen LogP contribution < -0.4 is 5.32 Å². The third-order valence-electron chi connectivity index (χ3n) is 3.00. The van der Waals surface area contributed by atoms with Crippen LogP contribution in [-0.2, 0) is 6.54 Å². The second-order valence-electron chi connectivity index (χ2n) is 4.87. The van der Waals surface area contributed by atoms with Gasteiger partial charge in [0.2, 0.25) is 0 Å². The van der Waals surface area contributed by atoms with Crippen LogP contribution in [0.5, 0.6) is 0 Å². The first kappa shape index (κ1) is 14.8. The molecule has 22 heavy (non-hydrogen) atoms. The van der Waals surface area contributed by atoms with Gasteiger partial charge in [-0.25, -0.2) is 4.98 Å². The first-order valence-electron chi connectivity index (χ1n) is 6.66. The molecule has 3 heterocycles. The van der Waals surface area contributed by atoms with Gasteiger partial charge in [0.1, 0.15) is 5.76 Å². The zero-order valence-electron chi connectivity index (χ0n) is 12.2. The lowest BCUT2D eigenvalue weighted by molar-refractivity contribution is 0.0828. The van der Waals surface area contributed by atoms with Gasteiger partial charge in [0.25, 0.3) is 5.91 Å². The number of carbonyl (C=O) groups is 1. The molecule has 0 aromatic carbocycles. The number of furan rings is 1. The van der Waals surface area contributed by atoms with Crippen molar-refractivity contribution in [2.24, 2.45) is 0 Å². The van der Waals surface area contributed by atoms with Crippen molar-refractivity contribution in [3.8, 4) is 10.6 Å². The van der Waals surface area contributed by atoms with E-state index in [2.05, 4.69) is 10.3 Å². The second-order valence-corrected chi connectivity index (χ2v) is 6.64. The minimum Gasteiger partial charge on any atom is -0.467 e. The molecule has 3 aromatic rings. The Bertz CT molecular complexity index is 759. The number of nitrogens with one attached hydrogen (secondary N) is 1. The van der Waals surface area contributed by atoms with Crippen LogP contribution in [0.15, 0.2) is 39.6 Å². The van der Waals surface area contributed by atoms with Gasteiger partial charge in [0.15, 0.2) is 5.13 Å². The molecule has 3 rings (SSSR count). The van der Waals surface area contributed by atoms with Crippen molar-refractivity contribution < 1.29 is 9.21 Å². The van der Waals surface area contributed by atoms with Gasteiger partial charge in [-0.1, -0.05) is 0 Å². The molecule has 0 saturated heterocycles. The Balaban J connectivity index is 1.69. The van der Waals surface area contributed by atoms with E-state index in [4.69, 9.17) is 4.42 Å². The quantitative estimate of drug-likeness (QED) is 0.772. The Kier molecular flexibility index (Phi) is 4.26. The van der Waals surface area contributed by atoms with E-state index >= 15 is 0 Å². The summed E-state index contributed by atoms with van der Waals surface area (Å²) in [5, 5.41) is 7.92. The monoisotopic (exact) mass is 333 g/mol. The van der Waals surface area contributed by atoms with E-state index in [1.54, 1.807) is 25.3 Å². The second kappa shape index (κ2) is 6.33. The molecular formula is C15H15N3O2S2. The number of hydrogen-bond acceptors (Lipinski definition) is 6. The molecule has 0 bridgehead atoms. The molecular weight excluding hydrogens is 318 g/mol. The van der Waals surface area contributed by atoms with E-state index in [-0.39, 0.29) is 5.91 Å². The number of thiazole rings is 1. The van der Waals surface area contributed by atoms with Crippen LogP contribution in [0.2, 0.25) is 0 Å². The maximum Gasteiger partial charge on any atom is 0.254 e. The van der Waals surface area contributed by atoms with Crippen LogP contribution in [-0.4, -0.2) is 29.9 Å². The third-order valence-corrected chi connectivity index (χ3v) is 4.76. The maximum atomic E-state index is 11.9. The molecule has 0 fully saturated rings. The largest absolute Gasteiger partial charge is 0.467 e. The third kappa shape index (κ3) is 3.20. The highest BCUT2D eigenvalue weighted by Gasteiger charge is 2.13. The van der Waals surface area contributed by atoms with Crippen molar-refractivity contribution >= 4 is 33.7 Å². The summed E-state index contributed by atoms with van der Waals surface area (Å²) >= 11 is 3.07. The Morgan fingerprint density at radius 2 is 2.23 bits per heavy atom. The molecule has 0 saturated carbocycles. The molecule has 1 N–H and O–H groups in total. The Labute approximate surface area is 136 Å². The summed E-state index contributed by atoms with van der Waals surface area (Å²) in [6.45, 7) is 0.606. The normalized spacial score (nSPS) is 10.6. The summed E-state index contributed by atoms with van der Waals surface area (Å²) in [6, 6.07) is 5.66. The van der Waals surface area contributed by atoms with Crippen molar-refractivity contribution in [3.05, 3.63) is 46.5 Å². The van der Waals surface area contributed by atoms with Crippen LogP contribution in [0.4, 0.5) is 5.13 Å². The smallest absolute Gasteiger partial charge is 0.254 e. The first-order valence-corrected chi connectivity index (χ1v) is 8.42. The van der Waals surface area contributed by atoms with Gasteiger partial charge in [0, 0.05) is 24.9 Å². The molecule has 114 valence electrons. The Morgan fingerprint density at radius 1 is 1.36 bits per heavy atom. The van der Waals surface area contributed by atoms with Gasteiger partial charge in [-0.15, -0.1) is 22.7 Å². The average molecular weight is 333 g/mol. The van der Waals surface area contributed by atoms with E-state index in [1.165, 1.54) is 22.7 Å². The molecule has 0 radical (unpaired) electrons. The van der Waals surface area contributed by atoms with E-state index in [0.717, 1.165) is 21.5 Å². The summed E-state index contributed by atoms with van der Waals surface area (Å²) in [4.78, 5) is 19.0. The highest BCUT2D eigenvalue weighted by Crippen LogP contribution is 2.30. The van der Waals surface area contributed by atoms with Gasteiger partial charge in [0.05, 0.1) is 28.9 Å². The summed E-state index contributed by atoms with van der Waals surface area (Å²) < 4.78 is 5.27. The lowest BCUT2D eigenvalue weighted by atomic mass is 10.2. The van der Waals surface area contributed by atoms with Crippen LogP contribution in [0.1, 0.15) is 16.1 Å². The number of thiophene rings is 1. The number of amides is 1. The predicted molar refractivity (Wildman–Crippen MR) is 89.5 cm³/mol. The van der Waals surface area contributed by atoms with E-state index in [1.807, 2.05) is 29.0 Å². The fourth-order valence-corrected chi connectivity index (χ4v) is 3.51. The van der Waals surface area contributed by atoms with Gasteiger partial charge in [-0.2, -0.15) is 0 Å². The fraction of sp³-hybridized carbons (Fsp3) is 0.200. The van der Waals surface area contributed by atoms with Gasteiger partial charge < -0.3 is 14.6 Å². The fourth-order valence-electron chi connectivity index (χ4n) is 1.88. The topological polar surface area (TPSA) is 58.4 Å². The van der Waals surface area contributed by atoms with Crippen LogP contribution >= 0.6 is 22.7 Å². The summed E-state index contributed by atoms with van der Waals surface area (Å²) in [5.41, 5.74) is 1.58. The van der Waals surface area contributed by atoms with Gasteiger partial charge >= 0.3 is 0 Å². The van der Waals surface area contributed by atoms with Crippen molar-refractivity contribution in [2.45, 2.75) is 6.54 Å². The van der Waals surface area contributed by atoms with Gasteiger partial charge in [-0.05, 0) is 18.2 Å². The molecule has 0 atom stereocenters. The number of aromatic nitrogens is 1. The summed E-state index contributed by atoms with van der Waals surface area (Å²) in [6.07, 6.45) is 1.65. The zero-order valence-corrected chi connectivity index (χ0v) is 13.8. The maximum absolute atomic E-state index is 11.9. The molecule has 0 aliphatic carbocycles. The highest BCUT2D eigenvalue weighted by atomic mass is 32.1. The van der Waals surface area contributed by atoms with Crippen molar-refractivity contribution in [1.29, 1.82) is 0 Å². The summed E-state index contributed by atoms with van der Waals surface area (Å²) in [7, 11) is 3.50. The van der Waals surface area contributed by atoms with E-state index < -0.39 is 0 Å². The number of nitrogens with zero attached hydrogens (tertiary/aromatic N) is 2. The molecule has 3 aromatic heterocycles. The standard InChI is InChI=1S/C15H15N3O2S2/c1-18(2)14(19)10-6-13(21-8-10)12-9-22-15(17-12)16-7-11-4-3-5-20-11/h3-6,8-9H,7H2,1-2H3,(H,16,17). The molecule has 0 aliphatic heterocycles. The average Bonchev–Trinajstić information content (AvgIpc) is 3.23. The van der Waals surface area contributed by atoms with E-state index in [0.29, 0.717) is 12.1 Å². The molecule has 5 nitrogen and oxygen atoms in total. The highest BCUT2D eigenvalue weighted by molar-refractivity contribution is 7.16. The number of rotatable bonds is 5.